The average molecular weight is 210 g/mol. The lowest BCUT2D eigenvalue weighted by molar-refractivity contribution is 1.33. The van der Waals surface area contributed by atoms with E-state index in [1.807, 2.05) is 24.4 Å². The van der Waals surface area contributed by atoms with Gasteiger partial charge in [0.2, 0.25) is 0 Å². The van der Waals surface area contributed by atoms with Crippen molar-refractivity contribution in [2.75, 3.05) is 0 Å². The van der Waals surface area contributed by atoms with Crippen LogP contribution in [0.25, 0.3) is 21.2 Å². The SMILES string of the molecule is [c]1cc(-c2cccnc2)c2sccc2c1. The van der Waals surface area contributed by atoms with Gasteiger partial charge in [-0.25, -0.2) is 0 Å². The number of rotatable bonds is 1. The molecule has 71 valence electrons. The van der Waals surface area contributed by atoms with Gasteiger partial charge < -0.3 is 0 Å². The summed E-state index contributed by atoms with van der Waals surface area (Å²) in [6.45, 7) is 0. The molecule has 15 heavy (non-hydrogen) atoms. The molecule has 2 heteroatoms. The molecule has 1 nitrogen and oxygen atoms in total. The zero-order valence-electron chi connectivity index (χ0n) is 7.97. The molecule has 3 aromatic rings. The van der Waals surface area contributed by atoms with Crippen molar-refractivity contribution < 1.29 is 0 Å². The van der Waals surface area contributed by atoms with Crippen molar-refractivity contribution in [3.63, 3.8) is 0 Å². The number of thiophene rings is 1. The van der Waals surface area contributed by atoms with E-state index in [0.717, 1.165) is 5.56 Å². The van der Waals surface area contributed by atoms with Crippen LogP contribution < -0.4 is 0 Å². The third-order valence-electron chi connectivity index (χ3n) is 2.38. The Kier molecular flexibility index (Phi) is 2.00. The van der Waals surface area contributed by atoms with Gasteiger partial charge >= 0.3 is 0 Å². The normalized spacial score (nSPS) is 10.7. The predicted molar refractivity (Wildman–Crippen MR) is 63.9 cm³/mol. The van der Waals surface area contributed by atoms with E-state index in [-0.39, 0.29) is 0 Å². The highest BCUT2D eigenvalue weighted by Gasteiger charge is 2.03. The van der Waals surface area contributed by atoms with Gasteiger partial charge in [0.15, 0.2) is 0 Å². The van der Waals surface area contributed by atoms with Crippen LogP contribution in [0.2, 0.25) is 0 Å². The van der Waals surface area contributed by atoms with Crippen LogP contribution in [0.3, 0.4) is 0 Å². The van der Waals surface area contributed by atoms with Crippen molar-refractivity contribution >= 4 is 21.4 Å². The second kappa shape index (κ2) is 3.48. The van der Waals surface area contributed by atoms with E-state index < -0.39 is 0 Å². The van der Waals surface area contributed by atoms with Crippen LogP contribution in [0.1, 0.15) is 0 Å². The molecule has 0 N–H and O–H groups in total. The van der Waals surface area contributed by atoms with Crippen LogP contribution in [0.5, 0.6) is 0 Å². The second-order valence-corrected chi connectivity index (χ2v) is 4.23. The first kappa shape index (κ1) is 8.62. The lowest BCUT2D eigenvalue weighted by atomic mass is 10.1. The first-order valence-corrected chi connectivity index (χ1v) is 5.61. The molecule has 2 heterocycles. The summed E-state index contributed by atoms with van der Waals surface area (Å²) in [6, 6.07) is 13.4. The topological polar surface area (TPSA) is 12.9 Å². The second-order valence-electron chi connectivity index (χ2n) is 3.32. The van der Waals surface area contributed by atoms with E-state index in [1.165, 1.54) is 15.6 Å². The minimum atomic E-state index is 1.15. The quantitative estimate of drug-likeness (QED) is 0.596. The summed E-state index contributed by atoms with van der Waals surface area (Å²) < 4.78 is 1.31. The molecule has 0 spiro atoms. The summed E-state index contributed by atoms with van der Waals surface area (Å²) in [7, 11) is 0. The first-order chi connectivity index (χ1) is 7.45. The lowest BCUT2D eigenvalue weighted by Crippen LogP contribution is -1.78. The van der Waals surface area contributed by atoms with Crippen LogP contribution >= 0.6 is 11.3 Å². The van der Waals surface area contributed by atoms with Crippen molar-refractivity contribution in [1.82, 2.24) is 4.98 Å². The van der Waals surface area contributed by atoms with Crippen molar-refractivity contribution in [2.45, 2.75) is 0 Å². The van der Waals surface area contributed by atoms with Gasteiger partial charge in [-0.2, -0.15) is 0 Å². The minimum Gasteiger partial charge on any atom is -0.264 e. The van der Waals surface area contributed by atoms with Crippen molar-refractivity contribution in [3.05, 3.63) is 54.2 Å². The van der Waals surface area contributed by atoms with Crippen molar-refractivity contribution in [3.8, 4) is 11.1 Å². The molecular formula is C13H8NS. The van der Waals surface area contributed by atoms with E-state index in [0.29, 0.717) is 0 Å². The fraction of sp³-hybridized carbons (Fsp3) is 0. The van der Waals surface area contributed by atoms with Crippen molar-refractivity contribution in [1.29, 1.82) is 0 Å². The molecule has 2 aromatic heterocycles. The molecule has 0 bridgehead atoms. The Morgan fingerprint density at radius 2 is 2.20 bits per heavy atom. The molecule has 0 aliphatic carbocycles. The summed E-state index contributed by atoms with van der Waals surface area (Å²) in [5, 5.41) is 3.36. The molecule has 0 atom stereocenters. The van der Waals surface area contributed by atoms with Crippen LogP contribution in [0.4, 0.5) is 0 Å². The smallest absolute Gasteiger partial charge is 0.0422 e. The van der Waals surface area contributed by atoms with Crippen LogP contribution in [-0.2, 0) is 0 Å². The summed E-state index contributed by atoms with van der Waals surface area (Å²) in [5.74, 6) is 0. The molecule has 0 fully saturated rings. The third-order valence-corrected chi connectivity index (χ3v) is 3.34. The highest BCUT2D eigenvalue weighted by Crippen LogP contribution is 2.31. The summed E-state index contributed by atoms with van der Waals surface area (Å²) in [6.07, 6.45) is 3.68. The Balaban J connectivity index is 2.31. The van der Waals surface area contributed by atoms with E-state index in [4.69, 9.17) is 0 Å². The van der Waals surface area contributed by atoms with Gasteiger partial charge in [0.25, 0.3) is 0 Å². The third kappa shape index (κ3) is 1.43. The number of hydrogen-bond donors (Lipinski definition) is 0. The van der Waals surface area contributed by atoms with E-state index >= 15 is 0 Å². The Hall–Kier alpha value is -1.67. The van der Waals surface area contributed by atoms with Gasteiger partial charge in [0.1, 0.15) is 0 Å². The van der Waals surface area contributed by atoms with Gasteiger partial charge in [-0.05, 0) is 41.1 Å². The number of benzene rings is 1. The molecule has 0 aliphatic heterocycles. The Labute approximate surface area is 92.0 Å². The molecule has 1 aromatic carbocycles. The molecule has 0 amide bonds. The molecule has 0 saturated carbocycles. The van der Waals surface area contributed by atoms with Gasteiger partial charge in [0, 0.05) is 28.2 Å². The zero-order valence-corrected chi connectivity index (χ0v) is 8.79. The van der Waals surface area contributed by atoms with Crippen molar-refractivity contribution in [2.24, 2.45) is 0 Å². The fourth-order valence-corrected chi connectivity index (χ4v) is 2.59. The number of fused-ring (bicyclic) bond motifs is 1. The Bertz CT molecular complexity index is 584. The molecule has 0 unspecified atom stereocenters. The van der Waals surface area contributed by atoms with Gasteiger partial charge in [-0.3, -0.25) is 4.98 Å². The average Bonchev–Trinajstić information content (AvgIpc) is 2.78. The maximum atomic E-state index is 4.14. The molecule has 3 rings (SSSR count). The van der Waals surface area contributed by atoms with Crippen LogP contribution in [-0.4, -0.2) is 4.98 Å². The number of nitrogens with zero attached hydrogens (tertiary/aromatic N) is 1. The number of pyridine rings is 1. The van der Waals surface area contributed by atoms with Crippen LogP contribution in [0.15, 0.2) is 48.1 Å². The highest BCUT2D eigenvalue weighted by molar-refractivity contribution is 7.17. The summed E-state index contributed by atoms with van der Waals surface area (Å²) in [4.78, 5) is 4.14. The molecule has 0 saturated heterocycles. The van der Waals surface area contributed by atoms with E-state index in [2.05, 4.69) is 28.6 Å². The minimum absolute atomic E-state index is 1.15. The Morgan fingerprint density at radius 3 is 3.07 bits per heavy atom. The van der Waals surface area contributed by atoms with Gasteiger partial charge in [-0.15, -0.1) is 11.3 Å². The number of aromatic nitrogens is 1. The lowest BCUT2D eigenvalue weighted by Gasteiger charge is -2.01. The predicted octanol–water partition coefficient (Wildman–Crippen LogP) is 3.76. The molecular weight excluding hydrogens is 202 g/mol. The Morgan fingerprint density at radius 1 is 1.20 bits per heavy atom. The summed E-state index contributed by atoms with van der Waals surface area (Å²) in [5.41, 5.74) is 2.37. The van der Waals surface area contributed by atoms with Crippen LogP contribution in [0, 0.1) is 6.07 Å². The fourth-order valence-electron chi connectivity index (χ4n) is 1.67. The highest BCUT2D eigenvalue weighted by atomic mass is 32.1. The maximum Gasteiger partial charge on any atom is 0.0422 e. The largest absolute Gasteiger partial charge is 0.264 e. The molecule has 1 radical (unpaired) electrons. The van der Waals surface area contributed by atoms with Gasteiger partial charge in [-0.1, -0.05) is 6.07 Å². The van der Waals surface area contributed by atoms with E-state index in [1.54, 1.807) is 17.5 Å². The van der Waals surface area contributed by atoms with Gasteiger partial charge in [0.05, 0.1) is 0 Å². The number of hydrogen-bond acceptors (Lipinski definition) is 2. The monoisotopic (exact) mass is 210 g/mol. The zero-order chi connectivity index (χ0) is 10.1. The maximum absolute atomic E-state index is 4.14. The van der Waals surface area contributed by atoms with E-state index in [9.17, 15) is 0 Å². The standard InChI is InChI=1S/C13H8NS/c1-3-10-6-8-15-13(10)12(5-1)11-4-2-7-14-9-11/h2-9H. The molecule has 0 aliphatic rings. The summed E-state index contributed by atoms with van der Waals surface area (Å²) >= 11 is 1.76. The first-order valence-electron chi connectivity index (χ1n) is 4.73.